The summed E-state index contributed by atoms with van der Waals surface area (Å²) in [5, 5.41) is -0.176. The highest BCUT2D eigenvalue weighted by Gasteiger charge is 1.96. The Labute approximate surface area is 46.9 Å². The van der Waals surface area contributed by atoms with Crippen molar-refractivity contribution in [1.82, 2.24) is 0 Å². The van der Waals surface area contributed by atoms with E-state index < -0.39 is 0 Å². The molecule has 0 aromatic carbocycles. The van der Waals surface area contributed by atoms with E-state index in [1.807, 2.05) is 6.92 Å². The van der Waals surface area contributed by atoms with Crippen LogP contribution in [0.2, 0.25) is 5.82 Å². The van der Waals surface area contributed by atoms with Gasteiger partial charge in [0.15, 0.2) is 0 Å². The lowest BCUT2D eigenvalue weighted by Crippen LogP contribution is -2.03. The van der Waals surface area contributed by atoms with Crippen LogP contribution >= 0.6 is 12.6 Å². The predicted molar refractivity (Wildman–Crippen MR) is 33.7 cm³/mol. The van der Waals surface area contributed by atoms with Gasteiger partial charge in [0.2, 0.25) is 0 Å². The summed E-state index contributed by atoms with van der Waals surface area (Å²) in [5.41, 5.74) is 0. The Morgan fingerprint density at radius 3 is 1.67 bits per heavy atom. The van der Waals surface area contributed by atoms with Gasteiger partial charge in [0.25, 0.3) is 0 Å². The van der Waals surface area contributed by atoms with Crippen LogP contribution in [0.15, 0.2) is 0 Å². The van der Waals surface area contributed by atoms with Gasteiger partial charge in [0, 0.05) is 0 Å². The third-order valence-corrected chi connectivity index (χ3v) is 1.01. The van der Waals surface area contributed by atoms with Gasteiger partial charge in [-0.2, -0.15) is 12.6 Å². The van der Waals surface area contributed by atoms with Gasteiger partial charge in [-0.1, -0.05) is 12.7 Å². The second-order valence-electron chi connectivity index (χ2n) is 1.35. The normalized spacial score (nSPS) is 19.7. The van der Waals surface area contributed by atoms with Crippen LogP contribution in [0, 0.1) is 0 Å². The molecule has 0 aromatic heterocycles. The van der Waals surface area contributed by atoms with Crippen LogP contribution in [0.25, 0.3) is 0 Å². The molecular weight excluding hydrogens is 89.7 g/mol. The standard InChI is InChI=1S/C3H6B2S/c1-2(4)3(5)6/h2-3,6H,1H3. The van der Waals surface area contributed by atoms with E-state index in [0.29, 0.717) is 0 Å². The predicted octanol–water partition coefficient (Wildman–Crippen LogP) is 0.388. The molecule has 0 aliphatic rings. The van der Waals surface area contributed by atoms with Crippen LogP contribution in [-0.2, 0) is 0 Å². The smallest absolute Gasteiger partial charge is 0.0836 e. The largest absolute Gasteiger partial charge is 0.186 e. The SMILES string of the molecule is [B]C(C)C([B])S. The van der Waals surface area contributed by atoms with E-state index in [1.165, 1.54) is 0 Å². The maximum absolute atomic E-state index is 5.23. The Kier molecular flexibility index (Phi) is 2.83. The number of thiol groups is 1. The van der Waals surface area contributed by atoms with Crippen LogP contribution in [-0.4, -0.2) is 20.8 Å². The molecule has 0 rings (SSSR count). The third kappa shape index (κ3) is 2.70. The molecule has 0 spiro atoms. The zero-order valence-corrected chi connectivity index (χ0v) is 4.65. The summed E-state index contributed by atoms with van der Waals surface area (Å²) < 4.78 is 0. The Hall–Kier alpha value is 0.480. The van der Waals surface area contributed by atoms with Gasteiger partial charge in [-0.05, 0) is 5.15 Å². The van der Waals surface area contributed by atoms with Crippen molar-refractivity contribution in [3.63, 3.8) is 0 Å². The Bertz CT molecular complexity index is 29.8. The topological polar surface area (TPSA) is 0 Å². The lowest BCUT2D eigenvalue weighted by Gasteiger charge is -2.05. The summed E-state index contributed by atoms with van der Waals surface area (Å²) in [4.78, 5) is 0. The molecule has 0 fully saturated rings. The van der Waals surface area contributed by atoms with Crippen molar-refractivity contribution in [2.45, 2.75) is 17.9 Å². The summed E-state index contributed by atoms with van der Waals surface area (Å²) in [6.07, 6.45) is 0. The first-order valence-electron chi connectivity index (χ1n) is 1.84. The van der Waals surface area contributed by atoms with Crippen molar-refractivity contribution in [2.24, 2.45) is 0 Å². The van der Waals surface area contributed by atoms with Crippen molar-refractivity contribution in [1.29, 1.82) is 0 Å². The maximum atomic E-state index is 5.23. The molecular formula is C3H6B2S. The van der Waals surface area contributed by atoms with Gasteiger partial charge < -0.3 is 0 Å². The Balaban J connectivity index is 2.99. The summed E-state index contributed by atoms with van der Waals surface area (Å²) in [7, 11) is 10.4. The van der Waals surface area contributed by atoms with Crippen molar-refractivity contribution >= 4 is 28.3 Å². The highest BCUT2D eigenvalue weighted by Crippen LogP contribution is 2.05. The maximum Gasteiger partial charge on any atom is 0.0836 e. The molecule has 0 aromatic rings. The van der Waals surface area contributed by atoms with E-state index in [1.54, 1.807) is 0 Å². The summed E-state index contributed by atoms with van der Waals surface area (Å²) in [6.45, 7) is 1.82. The fourth-order valence-corrected chi connectivity index (χ4v) is 0. The van der Waals surface area contributed by atoms with Crippen molar-refractivity contribution in [3.8, 4) is 0 Å². The van der Waals surface area contributed by atoms with Gasteiger partial charge in [-0.3, -0.25) is 0 Å². The quantitative estimate of drug-likeness (QED) is 0.354. The molecule has 2 unspecified atom stereocenters. The number of rotatable bonds is 1. The summed E-state index contributed by atoms with van der Waals surface area (Å²) >= 11 is 3.85. The van der Waals surface area contributed by atoms with E-state index in [0.717, 1.165) is 0 Å². The van der Waals surface area contributed by atoms with E-state index in [-0.39, 0.29) is 11.0 Å². The van der Waals surface area contributed by atoms with Gasteiger partial charge in [0.05, 0.1) is 15.7 Å². The molecule has 0 amide bonds. The third-order valence-electron chi connectivity index (χ3n) is 0.539. The van der Waals surface area contributed by atoms with Crippen molar-refractivity contribution < 1.29 is 0 Å². The lowest BCUT2D eigenvalue weighted by molar-refractivity contribution is 1.04. The van der Waals surface area contributed by atoms with Crippen LogP contribution in [0.1, 0.15) is 6.92 Å². The second-order valence-corrected chi connectivity index (χ2v) is 1.95. The minimum absolute atomic E-state index is 0.00617. The highest BCUT2D eigenvalue weighted by molar-refractivity contribution is 7.82. The highest BCUT2D eigenvalue weighted by atomic mass is 32.1. The van der Waals surface area contributed by atoms with Crippen LogP contribution in [0.5, 0.6) is 0 Å². The zero-order valence-electron chi connectivity index (χ0n) is 3.76. The average Bonchev–Trinajstić information content (AvgIpc) is 1.36. The van der Waals surface area contributed by atoms with Gasteiger partial charge in [-0.15, -0.1) is 0 Å². The van der Waals surface area contributed by atoms with E-state index in [4.69, 9.17) is 15.7 Å². The molecule has 0 saturated heterocycles. The fourth-order valence-electron chi connectivity index (χ4n) is 0. The number of hydrogen-bond donors (Lipinski definition) is 1. The second kappa shape index (κ2) is 2.62. The number of hydrogen-bond acceptors (Lipinski definition) is 1. The molecule has 0 heterocycles. The monoisotopic (exact) mass is 96.0 g/mol. The molecule has 0 bridgehead atoms. The van der Waals surface area contributed by atoms with Crippen molar-refractivity contribution in [3.05, 3.63) is 0 Å². The molecule has 3 heteroatoms. The molecule has 30 valence electrons. The average molecular weight is 95.8 g/mol. The molecule has 0 nitrogen and oxygen atoms in total. The van der Waals surface area contributed by atoms with Gasteiger partial charge in [-0.25, -0.2) is 0 Å². The molecule has 2 atom stereocenters. The van der Waals surface area contributed by atoms with E-state index in [2.05, 4.69) is 12.6 Å². The van der Waals surface area contributed by atoms with Crippen LogP contribution in [0.4, 0.5) is 0 Å². The molecule has 0 aliphatic heterocycles. The minimum Gasteiger partial charge on any atom is -0.186 e. The molecule has 0 saturated carbocycles. The van der Waals surface area contributed by atoms with Gasteiger partial charge in [0.1, 0.15) is 0 Å². The van der Waals surface area contributed by atoms with E-state index >= 15 is 0 Å². The zero-order chi connectivity index (χ0) is 5.15. The van der Waals surface area contributed by atoms with Crippen LogP contribution < -0.4 is 0 Å². The molecule has 0 N–H and O–H groups in total. The van der Waals surface area contributed by atoms with Crippen LogP contribution in [0.3, 0.4) is 0 Å². The van der Waals surface area contributed by atoms with Crippen molar-refractivity contribution in [2.75, 3.05) is 0 Å². The summed E-state index contributed by atoms with van der Waals surface area (Å²) in [5.74, 6) is -0.00617. The Morgan fingerprint density at radius 2 is 1.67 bits per heavy atom. The van der Waals surface area contributed by atoms with E-state index in [9.17, 15) is 0 Å². The van der Waals surface area contributed by atoms with Gasteiger partial charge >= 0.3 is 0 Å². The molecule has 6 heavy (non-hydrogen) atoms. The molecule has 0 aliphatic carbocycles. The Morgan fingerprint density at radius 1 is 1.50 bits per heavy atom. The lowest BCUT2D eigenvalue weighted by atomic mass is 9.78. The fraction of sp³-hybridized carbons (Fsp3) is 1.00. The summed E-state index contributed by atoms with van der Waals surface area (Å²) in [6, 6.07) is 0. The first-order valence-corrected chi connectivity index (χ1v) is 2.35. The minimum atomic E-state index is -0.176. The molecule has 4 radical (unpaired) electrons. The first-order chi connectivity index (χ1) is 2.64. The first kappa shape index (κ1) is 6.48.